The van der Waals surface area contributed by atoms with Gasteiger partial charge in [-0.15, -0.1) is 0 Å². The zero-order chi connectivity index (χ0) is 22.8. The quantitative estimate of drug-likeness (QED) is 0.413. The Labute approximate surface area is 181 Å². The van der Waals surface area contributed by atoms with Crippen molar-refractivity contribution >= 4 is 23.6 Å². The third kappa shape index (κ3) is 4.36. The normalized spacial score (nSPS) is 13.4. The first-order valence-electron chi connectivity index (χ1n) is 10.2. The fourth-order valence-electron chi connectivity index (χ4n) is 3.70. The van der Waals surface area contributed by atoms with Crippen LogP contribution in [0, 0.1) is 0 Å². The molecule has 0 bridgehead atoms. The van der Waals surface area contributed by atoms with Crippen molar-refractivity contribution in [3.05, 3.63) is 59.4 Å². The zero-order valence-electron chi connectivity index (χ0n) is 18.3. The van der Waals surface area contributed by atoms with Crippen molar-refractivity contribution in [3.8, 4) is 0 Å². The number of aryl methyl sites for hydroxylation is 1. The molecule has 1 N–H and O–H groups in total. The third-order valence-corrected chi connectivity index (χ3v) is 5.34. The Bertz CT molecular complexity index is 991. The smallest absolute Gasteiger partial charge is 0.338 e. The summed E-state index contributed by atoms with van der Waals surface area (Å²) in [5.41, 5.74) is 3.80. The van der Waals surface area contributed by atoms with Crippen LogP contribution < -0.4 is 5.43 Å². The number of nitrogens with zero attached hydrogens (tertiary/aromatic N) is 4. The molecule has 9 nitrogen and oxygen atoms in total. The van der Waals surface area contributed by atoms with E-state index in [1.54, 1.807) is 54.2 Å². The van der Waals surface area contributed by atoms with Gasteiger partial charge in [-0.1, -0.05) is 24.2 Å². The van der Waals surface area contributed by atoms with Gasteiger partial charge in [0.05, 0.1) is 25.2 Å². The summed E-state index contributed by atoms with van der Waals surface area (Å²) in [6.07, 6.45) is 2.44. The zero-order valence-corrected chi connectivity index (χ0v) is 18.3. The van der Waals surface area contributed by atoms with E-state index in [-0.39, 0.29) is 23.5 Å². The van der Waals surface area contributed by atoms with Crippen LogP contribution in [0.25, 0.3) is 0 Å². The van der Waals surface area contributed by atoms with E-state index in [4.69, 9.17) is 0 Å². The minimum Gasteiger partial charge on any atom is -0.346 e. The van der Waals surface area contributed by atoms with Crippen LogP contribution in [0.15, 0.2) is 42.6 Å². The summed E-state index contributed by atoms with van der Waals surface area (Å²) < 4.78 is 1.81. The monoisotopic (exact) mass is 426 g/mol. The molecule has 0 radical (unpaired) electrons. The molecule has 0 unspecified atom stereocenters. The van der Waals surface area contributed by atoms with Crippen molar-refractivity contribution in [3.63, 3.8) is 0 Å². The maximum Gasteiger partial charge on any atom is 0.338 e. The lowest BCUT2D eigenvalue weighted by atomic mass is 10.1. The van der Waals surface area contributed by atoms with Crippen molar-refractivity contribution in [1.82, 2.24) is 20.0 Å². The van der Waals surface area contributed by atoms with E-state index < -0.39 is 17.7 Å². The van der Waals surface area contributed by atoms with Crippen LogP contribution in [0.2, 0.25) is 0 Å². The van der Waals surface area contributed by atoms with Gasteiger partial charge in [0.2, 0.25) is 5.91 Å². The fourth-order valence-corrected chi connectivity index (χ4v) is 3.70. The predicted octanol–water partition coefficient (Wildman–Crippen LogP) is 1.59. The fraction of sp³-hybridized carbons (Fsp3) is 0.364. The highest BCUT2D eigenvalue weighted by Gasteiger charge is 2.37. The van der Waals surface area contributed by atoms with Crippen LogP contribution in [0.1, 0.15) is 51.0 Å². The number of fused-ring (bicyclic) bond motifs is 1. The summed E-state index contributed by atoms with van der Waals surface area (Å²) in [5, 5.41) is 1.30. The Hall–Kier alpha value is -3.46. The Balaban J connectivity index is 1.71. The van der Waals surface area contributed by atoms with Gasteiger partial charge in [-0.25, -0.2) is 10.0 Å². The maximum atomic E-state index is 13.2. The van der Waals surface area contributed by atoms with E-state index in [2.05, 4.69) is 5.43 Å². The number of rotatable bonds is 7. The van der Waals surface area contributed by atoms with E-state index in [1.165, 1.54) is 5.12 Å². The standard InChI is InChI=1S/C22H27N5O4/c1-5-15-27(3,4)26(22(31)18-11-8-13-24(18)2)23-19(28)12-14-25-20(29)16-9-6-7-10-17(16)21(25)30/h6-11,13H,5,12,14-15H2,1-4H3/p+1. The summed E-state index contributed by atoms with van der Waals surface area (Å²) in [4.78, 5) is 51.9. The minimum atomic E-state index is -0.457. The molecule has 2 aromatic rings. The molecule has 1 aliphatic rings. The van der Waals surface area contributed by atoms with E-state index >= 15 is 0 Å². The van der Waals surface area contributed by atoms with Gasteiger partial charge in [-0.2, -0.15) is 0 Å². The summed E-state index contributed by atoms with van der Waals surface area (Å²) in [7, 11) is 5.42. The van der Waals surface area contributed by atoms with Crippen LogP contribution in [0.4, 0.5) is 0 Å². The molecule has 0 fully saturated rings. The molecular weight excluding hydrogens is 398 g/mol. The molecule has 4 amide bonds. The number of imide groups is 1. The van der Waals surface area contributed by atoms with Crippen molar-refractivity contribution in [2.45, 2.75) is 19.8 Å². The van der Waals surface area contributed by atoms with Gasteiger partial charge in [0.25, 0.3) is 11.8 Å². The van der Waals surface area contributed by atoms with E-state index in [9.17, 15) is 19.2 Å². The van der Waals surface area contributed by atoms with Crippen molar-refractivity contribution in [1.29, 1.82) is 0 Å². The molecule has 3 rings (SSSR count). The number of carbonyl (C=O) groups is 4. The van der Waals surface area contributed by atoms with E-state index in [0.29, 0.717) is 23.4 Å². The predicted molar refractivity (Wildman–Crippen MR) is 113 cm³/mol. The summed E-state index contributed by atoms with van der Waals surface area (Å²) in [6, 6.07) is 10.0. The SMILES string of the molecule is CCC[N+](C)(C)N(NC(=O)CCN1C(=O)c2ccccc2C1=O)C(=O)c1cccn1C. The van der Waals surface area contributed by atoms with Gasteiger partial charge in [0.1, 0.15) is 12.2 Å². The van der Waals surface area contributed by atoms with Gasteiger partial charge < -0.3 is 4.57 Å². The highest BCUT2D eigenvalue weighted by atomic mass is 16.2. The van der Waals surface area contributed by atoms with Gasteiger partial charge in [-0.3, -0.25) is 24.1 Å². The number of aromatic nitrogens is 1. The first-order valence-corrected chi connectivity index (χ1v) is 10.2. The first-order chi connectivity index (χ1) is 14.7. The van der Waals surface area contributed by atoms with E-state index in [0.717, 1.165) is 11.3 Å². The number of hydrogen-bond acceptors (Lipinski definition) is 4. The topological polar surface area (TPSA) is 91.7 Å². The Kier molecular flexibility index (Phi) is 6.26. The molecule has 9 heteroatoms. The summed E-state index contributed by atoms with van der Waals surface area (Å²) in [6.45, 7) is 2.55. The van der Waals surface area contributed by atoms with Crippen LogP contribution in [-0.2, 0) is 11.8 Å². The molecule has 0 saturated heterocycles. The van der Waals surface area contributed by atoms with Crippen molar-refractivity contribution in [2.24, 2.45) is 7.05 Å². The Morgan fingerprint density at radius 1 is 1.03 bits per heavy atom. The first kappa shape index (κ1) is 22.2. The molecule has 1 aliphatic heterocycles. The van der Waals surface area contributed by atoms with Crippen molar-refractivity contribution < 1.29 is 23.8 Å². The lowest BCUT2D eigenvalue weighted by molar-refractivity contribution is -0.995. The molecule has 0 saturated carbocycles. The second kappa shape index (κ2) is 8.73. The summed E-state index contributed by atoms with van der Waals surface area (Å²) >= 11 is 0. The van der Waals surface area contributed by atoms with Crippen molar-refractivity contribution in [2.75, 3.05) is 27.2 Å². The number of benzene rings is 1. The van der Waals surface area contributed by atoms with Crippen LogP contribution in [0.3, 0.4) is 0 Å². The lowest BCUT2D eigenvalue weighted by Crippen LogP contribution is -2.64. The average molecular weight is 426 g/mol. The average Bonchev–Trinajstić information content (AvgIpc) is 3.26. The number of nitrogens with one attached hydrogen (secondary N) is 1. The second-order valence-electron chi connectivity index (χ2n) is 8.06. The number of quaternary nitrogens is 1. The van der Waals surface area contributed by atoms with Gasteiger partial charge in [0.15, 0.2) is 0 Å². The Morgan fingerprint density at radius 3 is 2.16 bits per heavy atom. The minimum absolute atomic E-state index is 0.0639. The molecule has 1 aromatic carbocycles. The maximum absolute atomic E-state index is 13.2. The van der Waals surface area contributed by atoms with Gasteiger partial charge in [0, 0.05) is 26.2 Å². The lowest BCUT2D eigenvalue weighted by Gasteiger charge is -2.38. The summed E-state index contributed by atoms with van der Waals surface area (Å²) in [5.74, 6) is -1.62. The van der Waals surface area contributed by atoms with Gasteiger partial charge >= 0.3 is 5.91 Å². The molecule has 0 aliphatic carbocycles. The highest BCUT2D eigenvalue weighted by Crippen LogP contribution is 2.22. The van der Waals surface area contributed by atoms with Gasteiger partial charge in [-0.05, 0) is 30.7 Å². The second-order valence-corrected chi connectivity index (χ2v) is 8.06. The Morgan fingerprint density at radius 2 is 1.65 bits per heavy atom. The molecule has 1 aromatic heterocycles. The molecule has 2 heterocycles. The number of carbonyl (C=O) groups excluding carboxylic acids is 4. The van der Waals surface area contributed by atoms with Crippen LogP contribution >= 0.6 is 0 Å². The largest absolute Gasteiger partial charge is 0.346 e. The number of hydrogen-bond donors (Lipinski definition) is 1. The molecule has 0 atom stereocenters. The molecular formula is C22H28N5O4+. The van der Waals surface area contributed by atoms with Crippen LogP contribution in [-0.4, -0.2) is 70.0 Å². The van der Waals surface area contributed by atoms with E-state index in [1.807, 2.05) is 21.0 Å². The van der Waals surface area contributed by atoms with Crippen LogP contribution in [0.5, 0.6) is 0 Å². The number of hydrazine groups is 1. The number of amides is 4. The highest BCUT2D eigenvalue weighted by molar-refractivity contribution is 6.21. The molecule has 164 valence electrons. The molecule has 31 heavy (non-hydrogen) atoms. The third-order valence-electron chi connectivity index (χ3n) is 5.34. The molecule has 0 spiro atoms.